The first-order chi connectivity index (χ1) is 24.8. The highest BCUT2D eigenvalue weighted by molar-refractivity contribution is 6.29. The summed E-state index contributed by atoms with van der Waals surface area (Å²) in [5.74, 6) is 0.867. The maximum Gasteiger partial charge on any atom is 0.144 e. The minimum absolute atomic E-state index is 0.843. The van der Waals surface area contributed by atoms with E-state index in [4.69, 9.17) is 8.83 Å². The number of benzene rings is 9. The molecule has 50 heavy (non-hydrogen) atoms. The molecule has 0 aliphatic heterocycles. The Kier molecular flexibility index (Phi) is 5.70. The van der Waals surface area contributed by atoms with Crippen LogP contribution in [0.3, 0.4) is 0 Å². The Hall–Kier alpha value is -6.64. The summed E-state index contributed by atoms with van der Waals surface area (Å²) in [5, 5.41) is 13.0. The molecular formula is C48H28O2. The van der Waals surface area contributed by atoms with Crippen LogP contribution in [0.2, 0.25) is 0 Å². The lowest BCUT2D eigenvalue weighted by Gasteiger charge is -2.19. The number of para-hydroxylation sites is 1. The van der Waals surface area contributed by atoms with E-state index < -0.39 is 0 Å². The zero-order chi connectivity index (χ0) is 32.8. The molecule has 0 spiro atoms. The van der Waals surface area contributed by atoms with E-state index in [0.29, 0.717) is 0 Å². The van der Waals surface area contributed by atoms with Crippen molar-refractivity contribution >= 4 is 76.0 Å². The van der Waals surface area contributed by atoms with E-state index in [9.17, 15) is 0 Å². The molecule has 2 heterocycles. The lowest BCUT2D eigenvalue weighted by molar-refractivity contribution is 0.633. The highest BCUT2D eigenvalue weighted by Gasteiger charge is 2.27. The van der Waals surface area contributed by atoms with Crippen molar-refractivity contribution in [1.29, 1.82) is 0 Å². The molecule has 11 rings (SSSR count). The molecule has 2 heteroatoms. The fourth-order valence-corrected chi connectivity index (χ4v) is 8.39. The van der Waals surface area contributed by atoms with Crippen molar-refractivity contribution in [3.63, 3.8) is 0 Å². The number of fused-ring (bicyclic) bond motifs is 10. The zero-order valence-corrected chi connectivity index (χ0v) is 27.0. The minimum atomic E-state index is 0.843. The molecule has 0 amide bonds. The number of hydrogen-bond donors (Lipinski definition) is 0. The maximum atomic E-state index is 7.11. The average molecular weight is 637 g/mol. The highest BCUT2D eigenvalue weighted by atomic mass is 16.3. The number of rotatable bonds is 3. The summed E-state index contributed by atoms with van der Waals surface area (Å²) in [6.07, 6.45) is 0. The maximum absolute atomic E-state index is 7.11. The smallest absolute Gasteiger partial charge is 0.144 e. The molecule has 0 N–H and O–H groups in total. The van der Waals surface area contributed by atoms with Crippen LogP contribution in [0.25, 0.3) is 110 Å². The third-order valence-corrected chi connectivity index (χ3v) is 10.5. The quantitative estimate of drug-likeness (QED) is 0.142. The van der Waals surface area contributed by atoms with Crippen molar-refractivity contribution in [2.24, 2.45) is 0 Å². The normalized spacial score (nSPS) is 12.0. The van der Waals surface area contributed by atoms with Crippen LogP contribution in [-0.4, -0.2) is 0 Å². The molecule has 0 aliphatic rings. The molecule has 2 nitrogen and oxygen atoms in total. The summed E-state index contributed by atoms with van der Waals surface area (Å²) in [4.78, 5) is 0. The Morgan fingerprint density at radius 2 is 0.820 bits per heavy atom. The van der Waals surface area contributed by atoms with Crippen molar-refractivity contribution in [2.75, 3.05) is 0 Å². The van der Waals surface area contributed by atoms with E-state index in [1.165, 1.54) is 43.4 Å². The van der Waals surface area contributed by atoms with E-state index >= 15 is 0 Å². The minimum Gasteiger partial charge on any atom is -0.456 e. The van der Waals surface area contributed by atoms with Gasteiger partial charge in [0.2, 0.25) is 0 Å². The van der Waals surface area contributed by atoms with Gasteiger partial charge in [0.1, 0.15) is 22.5 Å². The first kappa shape index (κ1) is 27.3. The average Bonchev–Trinajstić information content (AvgIpc) is 3.75. The van der Waals surface area contributed by atoms with Crippen molar-refractivity contribution in [3.05, 3.63) is 170 Å². The molecule has 232 valence electrons. The van der Waals surface area contributed by atoms with Crippen molar-refractivity contribution in [1.82, 2.24) is 0 Å². The van der Waals surface area contributed by atoms with E-state index in [2.05, 4.69) is 152 Å². The van der Waals surface area contributed by atoms with Crippen molar-refractivity contribution in [3.8, 4) is 33.6 Å². The topological polar surface area (TPSA) is 26.3 Å². The van der Waals surface area contributed by atoms with Gasteiger partial charge in [-0.05, 0) is 84.0 Å². The second-order valence-electron chi connectivity index (χ2n) is 13.1. The van der Waals surface area contributed by atoms with Crippen LogP contribution in [0.15, 0.2) is 179 Å². The third-order valence-electron chi connectivity index (χ3n) is 10.5. The summed E-state index contributed by atoms with van der Waals surface area (Å²) < 4.78 is 13.5. The van der Waals surface area contributed by atoms with E-state index in [0.717, 1.165) is 66.1 Å². The summed E-state index contributed by atoms with van der Waals surface area (Å²) in [6.45, 7) is 0. The van der Waals surface area contributed by atoms with Gasteiger partial charge in [-0.2, -0.15) is 0 Å². The summed E-state index contributed by atoms with van der Waals surface area (Å²) in [5.41, 5.74) is 8.33. The van der Waals surface area contributed by atoms with Crippen LogP contribution in [0.4, 0.5) is 0 Å². The Labute approximate surface area is 287 Å². The van der Waals surface area contributed by atoms with Crippen molar-refractivity contribution < 1.29 is 8.83 Å². The van der Waals surface area contributed by atoms with Gasteiger partial charge >= 0.3 is 0 Å². The lowest BCUT2D eigenvalue weighted by atomic mass is 9.84. The van der Waals surface area contributed by atoms with Gasteiger partial charge in [0.15, 0.2) is 0 Å². The monoisotopic (exact) mass is 636 g/mol. The predicted octanol–water partition coefficient (Wildman–Crippen LogP) is 13.9. The molecule has 0 bridgehead atoms. The number of furan rings is 2. The Morgan fingerprint density at radius 1 is 0.300 bits per heavy atom. The van der Waals surface area contributed by atoms with Crippen LogP contribution in [0.5, 0.6) is 0 Å². The van der Waals surface area contributed by atoms with Gasteiger partial charge in [-0.25, -0.2) is 0 Å². The predicted molar refractivity (Wildman–Crippen MR) is 210 cm³/mol. The van der Waals surface area contributed by atoms with Crippen LogP contribution in [0.1, 0.15) is 0 Å². The molecule has 11 aromatic rings. The van der Waals surface area contributed by atoms with Gasteiger partial charge in [0.05, 0.1) is 0 Å². The Bertz CT molecular complexity index is 3080. The fraction of sp³-hybridized carbons (Fsp3) is 0. The number of hydrogen-bond acceptors (Lipinski definition) is 2. The van der Waals surface area contributed by atoms with E-state index in [1.807, 2.05) is 18.2 Å². The van der Waals surface area contributed by atoms with Gasteiger partial charge in [0.25, 0.3) is 0 Å². The summed E-state index contributed by atoms with van der Waals surface area (Å²) >= 11 is 0. The SMILES string of the molecule is c1ccc(-c2c(-c3c4ccccc4c(-c4cc5ccccc5c5ccccc45)c4ccccc34)oc3ccc4oc5ccccc5c4c23)cc1. The van der Waals surface area contributed by atoms with Crippen LogP contribution in [0, 0.1) is 0 Å². The molecule has 0 radical (unpaired) electrons. The lowest BCUT2D eigenvalue weighted by Crippen LogP contribution is -1.92. The highest BCUT2D eigenvalue weighted by Crippen LogP contribution is 2.52. The second kappa shape index (κ2) is 10.4. The van der Waals surface area contributed by atoms with Gasteiger partial charge in [-0.1, -0.05) is 146 Å². The molecule has 0 fully saturated rings. The Balaban J connectivity index is 1.33. The van der Waals surface area contributed by atoms with Gasteiger partial charge < -0.3 is 8.83 Å². The second-order valence-corrected chi connectivity index (χ2v) is 13.1. The van der Waals surface area contributed by atoms with Crippen LogP contribution >= 0.6 is 0 Å². The molecule has 9 aromatic carbocycles. The van der Waals surface area contributed by atoms with E-state index in [1.54, 1.807) is 0 Å². The molecule has 2 aromatic heterocycles. The van der Waals surface area contributed by atoms with Gasteiger partial charge in [-0.3, -0.25) is 0 Å². The third kappa shape index (κ3) is 3.79. The Morgan fingerprint density at radius 3 is 1.52 bits per heavy atom. The molecular weight excluding hydrogens is 609 g/mol. The molecule has 0 saturated carbocycles. The molecule has 0 unspecified atom stereocenters. The molecule has 0 atom stereocenters. The summed E-state index contributed by atoms with van der Waals surface area (Å²) in [7, 11) is 0. The first-order valence-electron chi connectivity index (χ1n) is 17.1. The van der Waals surface area contributed by atoms with Gasteiger partial charge in [-0.15, -0.1) is 0 Å². The summed E-state index contributed by atoms with van der Waals surface area (Å²) in [6, 6.07) is 60.7. The molecule has 0 aliphatic carbocycles. The van der Waals surface area contributed by atoms with E-state index in [-0.39, 0.29) is 0 Å². The molecule has 0 saturated heterocycles. The van der Waals surface area contributed by atoms with Crippen LogP contribution in [-0.2, 0) is 0 Å². The van der Waals surface area contributed by atoms with Gasteiger partial charge in [0, 0.05) is 27.3 Å². The fourth-order valence-electron chi connectivity index (χ4n) is 8.39. The first-order valence-corrected chi connectivity index (χ1v) is 17.1. The zero-order valence-electron chi connectivity index (χ0n) is 27.0. The standard InChI is InChI=1S/C48H28O2/c1-2-14-29(15-3-1)43-47-42(27-26-41-46(47)38-24-12-13-25-40(38)49-41)50-48(43)45-36-22-10-8-20-34(36)44(35-21-9-11-23-37(35)45)39-28-30-16-4-5-17-31(30)32-18-6-7-19-33(32)39/h1-28H. The van der Waals surface area contributed by atoms with Crippen LogP contribution < -0.4 is 0 Å². The van der Waals surface area contributed by atoms with Crippen molar-refractivity contribution in [2.45, 2.75) is 0 Å². The largest absolute Gasteiger partial charge is 0.456 e.